The minimum atomic E-state index is -4.31. The third kappa shape index (κ3) is 7.14. The van der Waals surface area contributed by atoms with Gasteiger partial charge in [0.1, 0.15) is 0 Å². The molecule has 0 heterocycles. The number of alkyl halides is 4. The number of phosphoric acid groups is 1. The molecule has 0 amide bonds. The fourth-order valence-corrected chi connectivity index (χ4v) is 2.07. The van der Waals surface area contributed by atoms with Crippen LogP contribution in [0, 0.1) is 0 Å². The van der Waals surface area contributed by atoms with Gasteiger partial charge < -0.3 is 4.89 Å². The lowest BCUT2D eigenvalue weighted by molar-refractivity contribution is 0.121. The fraction of sp³-hybridized carbons (Fsp3) is 1.00. The van der Waals surface area contributed by atoms with Gasteiger partial charge in [0.2, 0.25) is 0 Å². The Balaban J connectivity index is 4.65. The van der Waals surface area contributed by atoms with E-state index in [1.807, 2.05) is 0 Å². The van der Waals surface area contributed by atoms with Crippen molar-refractivity contribution in [3.8, 4) is 0 Å². The molecular formula is C12H23Cl4O4P. The van der Waals surface area contributed by atoms with Gasteiger partial charge in [0.15, 0.2) is 0 Å². The van der Waals surface area contributed by atoms with Crippen molar-refractivity contribution in [3.05, 3.63) is 0 Å². The highest BCUT2D eigenvalue weighted by Crippen LogP contribution is 2.48. The van der Waals surface area contributed by atoms with Gasteiger partial charge in [0.05, 0.1) is 32.7 Å². The first-order chi connectivity index (χ1) is 8.91. The van der Waals surface area contributed by atoms with Crippen LogP contribution in [0.25, 0.3) is 0 Å². The van der Waals surface area contributed by atoms with Crippen molar-refractivity contribution in [1.82, 2.24) is 0 Å². The molecule has 2 atom stereocenters. The topological polar surface area (TPSA) is 55.8 Å². The smallest absolute Gasteiger partial charge is 0.302 e. The Kier molecular flexibility index (Phi) is 7.45. The lowest BCUT2D eigenvalue weighted by Gasteiger charge is -2.35. The molecule has 0 aliphatic heterocycles. The van der Waals surface area contributed by atoms with Gasteiger partial charge in [-0.25, -0.2) is 4.57 Å². The van der Waals surface area contributed by atoms with Gasteiger partial charge in [-0.3, -0.25) is 9.05 Å². The summed E-state index contributed by atoms with van der Waals surface area (Å²) in [7, 11) is -4.31. The molecule has 0 saturated heterocycles. The maximum atomic E-state index is 11.9. The summed E-state index contributed by atoms with van der Waals surface area (Å²) in [5.74, 6) is 0. The zero-order chi connectivity index (χ0) is 17.3. The predicted octanol–water partition coefficient (Wildman–Crippen LogP) is 5.15. The third-order valence-corrected chi connectivity index (χ3v) is 6.58. The minimum Gasteiger partial charge on any atom is -0.302 e. The van der Waals surface area contributed by atoms with Crippen LogP contribution >= 0.6 is 54.2 Å². The maximum Gasteiger partial charge on any atom is 0.472 e. The van der Waals surface area contributed by atoms with Crippen LogP contribution in [0.1, 0.15) is 41.5 Å². The summed E-state index contributed by atoms with van der Waals surface area (Å²) in [4.78, 5) is 5.90. The lowest BCUT2D eigenvalue weighted by atomic mass is 9.97. The Morgan fingerprint density at radius 1 is 0.810 bits per heavy atom. The van der Waals surface area contributed by atoms with Gasteiger partial charge in [-0.2, -0.15) is 0 Å². The zero-order valence-electron chi connectivity index (χ0n) is 13.0. The quantitative estimate of drug-likeness (QED) is 0.449. The molecule has 0 fully saturated rings. The molecule has 0 spiro atoms. The first-order valence-corrected chi connectivity index (χ1v) is 9.30. The molecular weight excluding hydrogens is 381 g/mol. The standard InChI is InChI=1S/C12H23Cl4O4P/c1-9(2,13)11(5,15)7-19-21(17,18)20-8-12(6,16)10(3,4)14/h7-8H2,1-6H3,(H,17,18). The Labute approximate surface area is 147 Å². The van der Waals surface area contributed by atoms with Crippen molar-refractivity contribution >= 4 is 54.2 Å². The molecule has 0 aromatic carbocycles. The Hall–Kier alpha value is 1.27. The second-order valence-corrected chi connectivity index (χ2v) is 11.4. The summed E-state index contributed by atoms with van der Waals surface area (Å²) in [5.41, 5.74) is 0. The van der Waals surface area contributed by atoms with Crippen molar-refractivity contribution in [1.29, 1.82) is 0 Å². The molecule has 21 heavy (non-hydrogen) atoms. The van der Waals surface area contributed by atoms with Crippen molar-refractivity contribution in [2.75, 3.05) is 13.2 Å². The second-order valence-electron chi connectivity index (χ2n) is 6.36. The third-order valence-electron chi connectivity index (χ3n) is 3.48. The number of rotatable bonds is 8. The number of halogens is 4. The molecule has 0 bridgehead atoms. The molecule has 0 radical (unpaired) electrons. The highest BCUT2D eigenvalue weighted by Gasteiger charge is 2.43. The van der Waals surface area contributed by atoms with Crippen molar-refractivity contribution in [3.63, 3.8) is 0 Å². The highest BCUT2D eigenvalue weighted by molar-refractivity contribution is 7.47. The van der Waals surface area contributed by atoms with Gasteiger partial charge in [-0.15, -0.1) is 46.4 Å². The van der Waals surface area contributed by atoms with E-state index in [0.717, 1.165) is 0 Å². The van der Waals surface area contributed by atoms with Gasteiger partial charge in [-0.05, 0) is 41.5 Å². The normalized spacial score (nSPS) is 22.2. The molecule has 0 saturated carbocycles. The van der Waals surface area contributed by atoms with Gasteiger partial charge in [0, 0.05) is 0 Å². The molecule has 0 aliphatic carbocycles. The van der Waals surface area contributed by atoms with E-state index in [4.69, 9.17) is 55.5 Å². The van der Waals surface area contributed by atoms with Crippen LogP contribution < -0.4 is 0 Å². The van der Waals surface area contributed by atoms with E-state index < -0.39 is 27.3 Å². The van der Waals surface area contributed by atoms with Crippen LogP contribution in [0.3, 0.4) is 0 Å². The fourth-order valence-electron chi connectivity index (χ4n) is 0.786. The van der Waals surface area contributed by atoms with E-state index in [1.54, 1.807) is 41.5 Å². The molecule has 9 heteroatoms. The molecule has 0 aromatic rings. The summed E-state index contributed by atoms with van der Waals surface area (Å²) < 4.78 is 21.7. The Morgan fingerprint density at radius 3 is 1.24 bits per heavy atom. The molecule has 0 rings (SSSR count). The average molecular weight is 404 g/mol. The van der Waals surface area contributed by atoms with E-state index in [-0.39, 0.29) is 13.2 Å². The Bertz CT molecular complexity index is 365. The molecule has 128 valence electrons. The predicted molar refractivity (Wildman–Crippen MR) is 90.1 cm³/mol. The highest BCUT2D eigenvalue weighted by atomic mass is 35.5. The van der Waals surface area contributed by atoms with Gasteiger partial charge in [-0.1, -0.05) is 0 Å². The van der Waals surface area contributed by atoms with E-state index in [0.29, 0.717) is 0 Å². The van der Waals surface area contributed by atoms with Crippen molar-refractivity contribution < 1.29 is 18.5 Å². The van der Waals surface area contributed by atoms with Gasteiger partial charge >= 0.3 is 7.82 Å². The largest absolute Gasteiger partial charge is 0.472 e. The zero-order valence-corrected chi connectivity index (χ0v) is 17.0. The summed E-state index contributed by atoms with van der Waals surface area (Å²) in [6.45, 7) is 9.41. The summed E-state index contributed by atoms with van der Waals surface area (Å²) >= 11 is 24.6. The summed E-state index contributed by atoms with van der Waals surface area (Å²) in [6, 6.07) is 0. The van der Waals surface area contributed by atoms with E-state index >= 15 is 0 Å². The molecule has 0 aliphatic rings. The lowest BCUT2D eigenvalue weighted by Crippen LogP contribution is -2.43. The second kappa shape index (κ2) is 7.03. The van der Waals surface area contributed by atoms with Crippen molar-refractivity contribution in [2.45, 2.75) is 61.0 Å². The van der Waals surface area contributed by atoms with Crippen LogP contribution in [-0.4, -0.2) is 37.6 Å². The molecule has 0 aromatic heterocycles. The number of phosphoric ester groups is 1. The maximum absolute atomic E-state index is 11.9. The number of hydrogen-bond acceptors (Lipinski definition) is 3. The molecule has 2 unspecified atom stereocenters. The number of hydrogen-bond donors (Lipinski definition) is 1. The summed E-state index contributed by atoms with van der Waals surface area (Å²) in [6.07, 6.45) is 0. The first-order valence-electron chi connectivity index (χ1n) is 6.29. The van der Waals surface area contributed by atoms with E-state index in [2.05, 4.69) is 0 Å². The molecule has 1 N–H and O–H groups in total. The SMILES string of the molecule is CC(C)(Cl)C(C)(Cl)COP(=O)(O)OCC(C)(Cl)C(C)(C)Cl. The van der Waals surface area contributed by atoms with Crippen LogP contribution in [0.5, 0.6) is 0 Å². The van der Waals surface area contributed by atoms with Crippen LogP contribution in [0.15, 0.2) is 0 Å². The van der Waals surface area contributed by atoms with Crippen molar-refractivity contribution in [2.24, 2.45) is 0 Å². The Morgan fingerprint density at radius 2 is 1.05 bits per heavy atom. The average Bonchev–Trinajstić information content (AvgIpc) is 2.21. The summed E-state index contributed by atoms with van der Waals surface area (Å²) in [5, 5.41) is 0. The van der Waals surface area contributed by atoms with Crippen LogP contribution in [0.4, 0.5) is 0 Å². The minimum absolute atomic E-state index is 0.262. The van der Waals surface area contributed by atoms with Crippen LogP contribution in [-0.2, 0) is 13.6 Å². The van der Waals surface area contributed by atoms with Crippen LogP contribution in [0.2, 0.25) is 0 Å². The molecule has 4 nitrogen and oxygen atoms in total. The van der Waals surface area contributed by atoms with E-state index in [1.165, 1.54) is 0 Å². The monoisotopic (exact) mass is 402 g/mol. The van der Waals surface area contributed by atoms with Gasteiger partial charge in [0.25, 0.3) is 0 Å². The first kappa shape index (κ1) is 22.3. The van der Waals surface area contributed by atoms with E-state index in [9.17, 15) is 9.46 Å².